The zero-order chi connectivity index (χ0) is 23.7. The van der Waals surface area contributed by atoms with Crippen LogP contribution in [0, 0.1) is 15.5 Å². The maximum Gasteiger partial charge on any atom is 0.261 e. The predicted octanol–water partition coefficient (Wildman–Crippen LogP) is 4.14. The van der Waals surface area contributed by atoms with Crippen molar-refractivity contribution in [2.45, 2.75) is 63.9 Å². The first-order chi connectivity index (χ1) is 15.6. The Labute approximate surface area is 197 Å². The first-order valence-corrected chi connectivity index (χ1v) is 13.7. The van der Waals surface area contributed by atoms with Gasteiger partial charge in [0.05, 0.1) is 24.7 Å². The van der Waals surface area contributed by atoms with E-state index in [9.17, 15) is 10.1 Å². The van der Waals surface area contributed by atoms with E-state index in [-0.39, 0.29) is 22.6 Å². The first kappa shape index (κ1) is 24.1. The van der Waals surface area contributed by atoms with E-state index in [1.165, 1.54) is 10.4 Å². The number of nitrogens with zero attached hydrogens (tertiary/aromatic N) is 1. The Bertz CT molecular complexity index is 916. The fourth-order valence-electron chi connectivity index (χ4n) is 5.82. The second-order valence-corrected chi connectivity index (χ2v) is 15.0. The van der Waals surface area contributed by atoms with Crippen LogP contribution in [0.4, 0.5) is 0 Å². The van der Waals surface area contributed by atoms with E-state index in [1.54, 1.807) is 0 Å². The van der Waals surface area contributed by atoms with Crippen molar-refractivity contribution in [2.24, 2.45) is 5.41 Å². The molecule has 1 aliphatic heterocycles. The number of nitro groups is 1. The van der Waals surface area contributed by atoms with Crippen molar-refractivity contribution in [1.29, 1.82) is 0 Å². The Balaban J connectivity index is 1.82. The van der Waals surface area contributed by atoms with Crippen LogP contribution in [0.2, 0.25) is 5.04 Å². The van der Waals surface area contributed by atoms with Crippen LogP contribution in [0.5, 0.6) is 0 Å². The van der Waals surface area contributed by atoms with Crippen LogP contribution in [0.15, 0.2) is 60.7 Å². The molecule has 2 aromatic rings. The standard InChI is InChI=1S/C26H35NO5Si/c1-24(2,3)33(21-11-7-5-8-12-21,22-13-9-6-10-14-22)32-23-15-16-26(30-17-18-31-26)19-25(23,4)20-27(28)29/h5-14,23H,15-20H2,1-4H3/t23-,25+/m1/s1. The van der Waals surface area contributed by atoms with Gasteiger partial charge >= 0.3 is 0 Å². The van der Waals surface area contributed by atoms with Gasteiger partial charge in [-0.15, -0.1) is 0 Å². The van der Waals surface area contributed by atoms with Crippen LogP contribution in [0.25, 0.3) is 0 Å². The Morgan fingerprint density at radius 1 is 1.03 bits per heavy atom. The minimum Gasteiger partial charge on any atom is -0.404 e. The Hall–Kier alpha value is -2.06. The summed E-state index contributed by atoms with van der Waals surface area (Å²) in [5, 5.41) is 14.0. The molecule has 0 bridgehead atoms. The van der Waals surface area contributed by atoms with E-state index in [1.807, 2.05) is 19.1 Å². The maximum atomic E-state index is 11.8. The Kier molecular flexibility index (Phi) is 6.53. The van der Waals surface area contributed by atoms with Gasteiger partial charge in [0.15, 0.2) is 5.79 Å². The van der Waals surface area contributed by atoms with Gasteiger partial charge in [-0.3, -0.25) is 10.1 Å². The highest BCUT2D eigenvalue weighted by Gasteiger charge is 2.59. The molecule has 0 amide bonds. The molecule has 1 aliphatic carbocycles. The molecule has 7 heteroatoms. The molecule has 2 aromatic carbocycles. The van der Waals surface area contributed by atoms with Gasteiger partial charge in [0.2, 0.25) is 6.54 Å². The van der Waals surface area contributed by atoms with Gasteiger partial charge in [0.25, 0.3) is 8.32 Å². The van der Waals surface area contributed by atoms with Gasteiger partial charge in [-0.25, -0.2) is 0 Å². The van der Waals surface area contributed by atoms with Crippen molar-refractivity contribution in [1.82, 2.24) is 0 Å². The summed E-state index contributed by atoms with van der Waals surface area (Å²) >= 11 is 0. The van der Waals surface area contributed by atoms with Crippen molar-refractivity contribution in [3.63, 3.8) is 0 Å². The molecule has 4 rings (SSSR count). The monoisotopic (exact) mass is 469 g/mol. The zero-order valence-electron chi connectivity index (χ0n) is 20.1. The lowest BCUT2D eigenvalue weighted by Gasteiger charge is -2.52. The first-order valence-electron chi connectivity index (χ1n) is 11.8. The van der Waals surface area contributed by atoms with Crippen molar-refractivity contribution >= 4 is 18.7 Å². The zero-order valence-corrected chi connectivity index (χ0v) is 21.1. The molecule has 1 heterocycles. The molecular formula is C26H35NO5Si. The molecule has 0 N–H and O–H groups in total. The number of hydrogen-bond acceptors (Lipinski definition) is 5. The minimum atomic E-state index is -2.83. The lowest BCUT2D eigenvalue weighted by atomic mass is 9.70. The number of hydrogen-bond donors (Lipinski definition) is 0. The molecule has 1 spiro atoms. The molecule has 2 aliphatic rings. The summed E-state index contributed by atoms with van der Waals surface area (Å²) in [6, 6.07) is 20.9. The summed E-state index contributed by atoms with van der Waals surface area (Å²) in [6.45, 7) is 9.57. The van der Waals surface area contributed by atoms with E-state index in [0.29, 0.717) is 32.5 Å². The number of benzene rings is 2. The highest BCUT2D eigenvalue weighted by Crippen LogP contribution is 2.49. The topological polar surface area (TPSA) is 70.8 Å². The van der Waals surface area contributed by atoms with Gasteiger partial charge in [0, 0.05) is 17.8 Å². The third-order valence-electron chi connectivity index (χ3n) is 7.28. The summed E-state index contributed by atoms with van der Waals surface area (Å²) in [5.41, 5.74) is -0.709. The van der Waals surface area contributed by atoms with Crippen molar-refractivity contribution < 1.29 is 18.8 Å². The van der Waals surface area contributed by atoms with Crippen LogP contribution in [-0.4, -0.2) is 44.9 Å². The van der Waals surface area contributed by atoms with Crippen LogP contribution in [-0.2, 0) is 13.9 Å². The lowest BCUT2D eigenvalue weighted by Crippen LogP contribution is -2.69. The fraction of sp³-hybridized carbons (Fsp3) is 0.538. The Morgan fingerprint density at radius 2 is 1.55 bits per heavy atom. The summed E-state index contributed by atoms with van der Waals surface area (Å²) in [4.78, 5) is 11.6. The predicted molar refractivity (Wildman–Crippen MR) is 131 cm³/mol. The SMILES string of the molecule is CC(C)(C)[Si](O[C@@H]1CCC2(C[C@@]1(C)C[N+](=O)[O-])OCCO2)(c1ccccc1)c1ccccc1. The highest BCUT2D eigenvalue weighted by atomic mass is 28.4. The summed E-state index contributed by atoms with van der Waals surface area (Å²) in [6.07, 6.45) is 1.52. The second-order valence-electron chi connectivity index (χ2n) is 10.7. The third kappa shape index (κ3) is 4.52. The normalized spacial score (nSPS) is 25.3. The van der Waals surface area contributed by atoms with Gasteiger partial charge in [-0.2, -0.15) is 0 Å². The minimum absolute atomic E-state index is 0.176. The average Bonchev–Trinajstić information content (AvgIpc) is 3.20. The second kappa shape index (κ2) is 8.95. The van der Waals surface area contributed by atoms with Crippen molar-refractivity contribution in [2.75, 3.05) is 19.8 Å². The summed E-state index contributed by atoms with van der Waals surface area (Å²) in [5.74, 6) is -0.726. The molecular weight excluding hydrogens is 434 g/mol. The highest BCUT2D eigenvalue weighted by molar-refractivity contribution is 6.99. The van der Waals surface area contributed by atoms with Crippen LogP contribution >= 0.6 is 0 Å². The van der Waals surface area contributed by atoms with Crippen molar-refractivity contribution in [3.8, 4) is 0 Å². The quantitative estimate of drug-likeness (QED) is 0.361. The molecule has 33 heavy (non-hydrogen) atoms. The third-order valence-corrected chi connectivity index (χ3v) is 12.3. The van der Waals surface area contributed by atoms with E-state index in [4.69, 9.17) is 13.9 Å². The number of rotatable bonds is 6. The molecule has 1 saturated carbocycles. The van der Waals surface area contributed by atoms with Crippen LogP contribution < -0.4 is 10.4 Å². The molecule has 178 valence electrons. The van der Waals surface area contributed by atoms with Gasteiger partial charge in [0.1, 0.15) is 0 Å². The molecule has 2 atom stereocenters. The Morgan fingerprint density at radius 3 is 2.00 bits per heavy atom. The molecule has 2 fully saturated rings. The van der Waals surface area contributed by atoms with Gasteiger partial charge < -0.3 is 13.9 Å². The van der Waals surface area contributed by atoms with Gasteiger partial charge in [-0.1, -0.05) is 88.4 Å². The fourth-order valence-corrected chi connectivity index (χ4v) is 10.7. The van der Waals surface area contributed by atoms with Gasteiger partial charge in [-0.05, 0) is 21.8 Å². The molecule has 6 nitrogen and oxygen atoms in total. The smallest absolute Gasteiger partial charge is 0.261 e. The average molecular weight is 470 g/mol. The van der Waals surface area contributed by atoms with E-state index in [0.717, 1.165) is 0 Å². The van der Waals surface area contributed by atoms with Crippen LogP contribution in [0.3, 0.4) is 0 Å². The largest absolute Gasteiger partial charge is 0.404 e. The number of ether oxygens (including phenoxy) is 2. The van der Waals surface area contributed by atoms with E-state index in [2.05, 4.69) is 69.3 Å². The molecule has 0 radical (unpaired) electrons. The lowest BCUT2D eigenvalue weighted by molar-refractivity contribution is -0.503. The van der Waals surface area contributed by atoms with Crippen LogP contribution in [0.1, 0.15) is 47.0 Å². The molecule has 0 unspecified atom stereocenters. The molecule has 1 saturated heterocycles. The summed E-state index contributed by atoms with van der Waals surface area (Å²) in [7, 11) is -2.83. The van der Waals surface area contributed by atoms with E-state index >= 15 is 0 Å². The maximum absolute atomic E-state index is 11.8. The van der Waals surface area contributed by atoms with E-state index < -0.39 is 19.5 Å². The van der Waals surface area contributed by atoms with Crippen molar-refractivity contribution in [3.05, 3.63) is 70.8 Å². The summed E-state index contributed by atoms with van der Waals surface area (Å²) < 4.78 is 19.3. The molecule has 0 aromatic heterocycles.